The van der Waals surface area contributed by atoms with Crippen molar-refractivity contribution in [3.05, 3.63) is 0 Å². The Morgan fingerprint density at radius 2 is 1.58 bits per heavy atom. The van der Waals surface area contributed by atoms with Crippen molar-refractivity contribution in [2.75, 3.05) is 41.5 Å². The second-order valence-electron chi connectivity index (χ2n) is 9.50. The molecule has 3 unspecified atom stereocenters. The topological polar surface area (TPSA) is 36.9 Å². The molecule has 155 valence electrons. The van der Waals surface area contributed by atoms with E-state index in [4.69, 9.17) is 17.4 Å². The molecule has 1 saturated heterocycles. The van der Waals surface area contributed by atoms with Gasteiger partial charge in [-0.15, -0.1) is 0 Å². The third kappa shape index (κ3) is 5.60. The maximum atomic E-state index is 6.94. The summed E-state index contributed by atoms with van der Waals surface area (Å²) in [6.45, 7) is 19.1. The second kappa shape index (κ2) is 9.00. The van der Waals surface area contributed by atoms with Crippen LogP contribution in [0, 0.1) is 5.92 Å². The molecule has 0 aromatic rings. The van der Waals surface area contributed by atoms with Crippen molar-refractivity contribution in [1.82, 2.24) is 0 Å². The monoisotopic (exact) mass is 437 g/mol. The van der Waals surface area contributed by atoms with Crippen LogP contribution in [0.15, 0.2) is 0 Å². The lowest BCUT2D eigenvalue weighted by molar-refractivity contribution is -0.800. The molecule has 1 radical (unpaired) electrons. The van der Waals surface area contributed by atoms with Crippen molar-refractivity contribution in [3.8, 4) is 0 Å². The van der Waals surface area contributed by atoms with Gasteiger partial charge in [0.05, 0.1) is 20.1 Å². The van der Waals surface area contributed by atoms with Gasteiger partial charge in [0.15, 0.2) is 16.6 Å². The lowest BCUT2D eigenvalue weighted by Crippen LogP contribution is -2.60. The summed E-state index contributed by atoms with van der Waals surface area (Å²) in [4.78, 5) is 0. The molecule has 1 aliphatic rings. The maximum Gasteiger partial charge on any atom is 0.502 e. The van der Waals surface area contributed by atoms with Gasteiger partial charge in [0, 0.05) is 44.5 Å². The lowest BCUT2D eigenvalue weighted by Gasteiger charge is -2.43. The van der Waals surface area contributed by atoms with E-state index in [1.807, 2.05) is 0 Å². The predicted molar refractivity (Wildman–Crippen MR) is 119 cm³/mol. The van der Waals surface area contributed by atoms with E-state index < -0.39 is 25.4 Å². The van der Waals surface area contributed by atoms with Crippen molar-refractivity contribution in [3.63, 3.8) is 0 Å². The molecule has 0 aliphatic carbocycles. The molecule has 0 N–H and O–H groups in total. The minimum atomic E-state index is -2.68. The first-order valence-corrected chi connectivity index (χ1v) is 19.9. The Hall–Kier alpha value is 0.668. The molecule has 26 heavy (non-hydrogen) atoms. The van der Waals surface area contributed by atoms with Crippen LogP contribution in [0.1, 0.15) is 13.8 Å². The SMILES string of the molecule is CO[Si](OC)(OC)C(C)[Si](C)(C)O[Si](C)(C)CC[N+]1(C)CC(C)C[Si]1C. The maximum absolute atomic E-state index is 6.94. The van der Waals surface area contributed by atoms with Crippen molar-refractivity contribution in [1.29, 1.82) is 0 Å². The van der Waals surface area contributed by atoms with Gasteiger partial charge in [-0.1, -0.05) is 13.8 Å². The Kier molecular flexibility index (Phi) is 8.55. The summed E-state index contributed by atoms with van der Waals surface area (Å²) in [5, 5.41) is 0.198. The van der Waals surface area contributed by atoms with E-state index in [2.05, 4.69) is 53.6 Å². The number of nitrogens with zero attached hydrogens (tertiary/aromatic N) is 1. The van der Waals surface area contributed by atoms with Gasteiger partial charge in [-0.2, -0.15) is 0 Å². The molecular weight excluding hydrogens is 395 g/mol. The van der Waals surface area contributed by atoms with Gasteiger partial charge >= 0.3 is 17.8 Å². The summed E-state index contributed by atoms with van der Waals surface area (Å²) < 4.78 is 25.5. The van der Waals surface area contributed by atoms with Crippen LogP contribution in [-0.2, 0) is 17.4 Å². The van der Waals surface area contributed by atoms with Crippen molar-refractivity contribution in [2.45, 2.75) is 63.8 Å². The Bertz CT molecular complexity index is 454. The normalized spacial score (nSPS) is 27.1. The zero-order valence-electron chi connectivity index (χ0n) is 19.1. The molecule has 9 heteroatoms. The first-order valence-electron chi connectivity index (χ1n) is 9.80. The highest BCUT2D eigenvalue weighted by molar-refractivity contribution is 6.93. The highest BCUT2D eigenvalue weighted by Gasteiger charge is 2.55. The highest BCUT2D eigenvalue weighted by Crippen LogP contribution is 2.37. The third-order valence-electron chi connectivity index (χ3n) is 6.45. The minimum Gasteiger partial charge on any atom is -0.455 e. The van der Waals surface area contributed by atoms with E-state index in [0.717, 1.165) is 5.92 Å². The molecule has 0 aromatic carbocycles. The van der Waals surface area contributed by atoms with Gasteiger partial charge in [0.1, 0.15) is 0 Å². The fourth-order valence-electron chi connectivity index (χ4n) is 4.49. The average Bonchev–Trinajstić information content (AvgIpc) is 2.79. The molecule has 0 aromatic heterocycles. The molecule has 1 aliphatic heterocycles. The minimum absolute atomic E-state index is 0.198. The summed E-state index contributed by atoms with van der Waals surface area (Å²) >= 11 is 0. The van der Waals surface area contributed by atoms with E-state index in [1.54, 1.807) is 21.3 Å². The first-order chi connectivity index (χ1) is 11.8. The highest BCUT2D eigenvalue weighted by atomic mass is 28.5. The van der Waals surface area contributed by atoms with Crippen LogP contribution in [0.25, 0.3) is 0 Å². The Morgan fingerprint density at radius 1 is 1.08 bits per heavy atom. The van der Waals surface area contributed by atoms with E-state index >= 15 is 0 Å². The largest absolute Gasteiger partial charge is 0.502 e. The van der Waals surface area contributed by atoms with Crippen molar-refractivity contribution < 1.29 is 21.5 Å². The number of quaternary nitrogens is 1. The Morgan fingerprint density at radius 3 is 1.96 bits per heavy atom. The molecule has 3 atom stereocenters. The van der Waals surface area contributed by atoms with Crippen LogP contribution in [0.3, 0.4) is 0 Å². The van der Waals surface area contributed by atoms with Gasteiger partial charge in [0.2, 0.25) is 0 Å². The van der Waals surface area contributed by atoms with Gasteiger partial charge < -0.3 is 21.5 Å². The Balaban J connectivity index is 2.80. The third-order valence-corrected chi connectivity index (χ3v) is 23.7. The molecule has 0 amide bonds. The fraction of sp³-hybridized carbons (Fsp3) is 1.00. The smallest absolute Gasteiger partial charge is 0.455 e. The fourth-order valence-corrected chi connectivity index (χ4v) is 21.8. The summed E-state index contributed by atoms with van der Waals surface area (Å²) in [5.74, 6) is 0.882. The molecule has 1 rings (SSSR count). The molecule has 1 heterocycles. The number of rotatable bonds is 10. The zero-order chi connectivity index (χ0) is 20.4. The van der Waals surface area contributed by atoms with E-state index in [0.29, 0.717) is 0 Å². The molecule has 5 nitrogen and oxygen atoms in total. The average molecular weight is 438 g/mol. The molecular formula is C17H43NO4Si4+. The molecule has 0 saturated carbocycles. The molecule has 0 bridgehead atoms. The van der Waals surface area contributed by atoms with E-state index in [-0.39, 0.29) is 14.1 Å². The summed E-state index contributed by atoms with van der Waals surface area (Å²) in [7, 11) is 0.818. The molecule has 0 spiro atoms. The van der Waals surface area contributed by atoms with Gasteiger partial charge in [-0.05, 0) is 32.7 Å². The van der Waals surface area contributed by atoms with Gasteiger partial charge in [-0.25, -0.2) is 0 Å². The van der Waals surface area contributed by atoms with Gasteiger partial charge in [0.25, 0.3) is 0 Å². The second-order valence-corrected chi connectivity index (χ2v) is 25.2. The summed E-state index contributed by atoms with van der Waals surface area (Å²) in [5.41, 5.74) is 0. The zero-order valence-corrected chi connectivity index (χ0v) is 23.1. The van der Waals surface area contributed by atoms with Crippen LogP contribution in [0.4, 0.5) is 0 Å². The quantitative estimate of drug-likeness (QED) is 0.485. The standard InChI is InChI=1S/C17H43NO4Si4/c1-16-14-18(3,23(7)15-16)12-13-24(8,9)22-25(10,11)17(2)26(19-4,20-5)21-6/h16-17H,12-15H2,1-11H3/q+1. The van der Waals surface area contributed by atoms with Crippen LogP contribution in [0.5, 0.6) is 0 Å². The van der Waals surface area contributed by atoms with Crippen LogP contribution in [0.2, 0.25) is 50.0 Å². The lowest BCUT2D eigenvalue weighted by atomic mass is 10.2. The number of hydrogen-bond donors (Lipinski definition) is 0. The number of hydrogen-bond acceptors (Lipinski definition) is 4. The van der Waals surface area contributed by atoms with Crippen molar-refractivity contribution in [2.24, 2.45) is 5.92 Å². The van der Waals surface area contributed by atoms with Crippen LogP contribution >= 0.6 is 0 Å². The van der Waals surface area contributed by atoms with Crippen LogP contribution < -0.4 is 0 Å². The predicted octanol–water partition coefficient (Wildman–Crippen LogP) is 3.94. The van der Waals surface area contributed by atoms with Crippen LogP contribution in [-0.4, -0.2) is 80.0 Å². The van der Waals surface area contributed by atoms with Gasteiger partial charge in [-0.3, -0.25) is 0 Å². The summed E-state index contributed by atoms with van der Waals surface area (Å²) in [6, 6.07) is 2.67. The first kappa shape index (κ1) is 24.7. The summed E-state index contributed by atoms with van der Waals surface area (Å²) in [6.07, 6.45) is 0. The molecule has 1 fully saturated rings. The van der Waals surface area contributed by atoms with E-state index in [9.17, 15) is 0 Å². The van der Waals surface area contributed by atoms with Crippen molar-refractivity contribution >= 4 is 34.4 Å². The van der Waals surface area contributed by atoms with E-state index in [1.165, 1.54) is 29.3 Å². The Labute approximate surface area is 167 Å².